The summed E-state index contributed by atoms with van der Waals surface area (Å²) in [6.07, 6.45) is 2.93. The van der Waals surface area contributed by atoms with Crippen LogP contribution in [0.2, 0.25) is 0 Å². The summed E-state index contributed by atoms with van der Waals surface area (Å²) >= 11 is 0. The number of nitrogens with zero attached hydrogens (tertiary/aromatic N) is 1. The molecule has 1 unspecified atom stereocenters. The molecule has 1 atom stereocenters. The molecule has 22 heavy (non-hydrogen) atoms. The van der Waals surface area contributed by atoms with E-state index >= 15 is 0 Å². The third-order valence-corrected chi connectivity index (χ3v) is 2.34. The van der Waals surface area contributed by atoms with Gasteiger partial charge in [0.25, 0.3) is 5.09 Å². The number of amides is 1. The average Bonchev–Trinajstić information content (AvgIpc) is 2.96. The fourth-order valence-corrected chi connectivity index (χ4v) is 1.47. The predicted molar refractivity (Wildman–Crippen MR) is 71.4 cm³/mol. The monoisotopic (exact) mass is 319 g/mol. The SMILES string of the molecule is O=C(NCCO[N+](=O)[O-])C1CCCN1.O=C(O)C=CC(=O)O. The van der Waals surface area contributed by atoms with E-state index < -0.39 is 17.0 Å². The molecule has 1 rings (SSSR count). The van der Waals surface area contributed by atoms with Crippen LogP contribution >= 0.6 is 0 Å². The summed E-state index contributed by atoms with van der Waals surface area (Å²) in [4.78, 5) is 44.2. The van der Waals surface area contributed by atoms with Crippen LogP contribution in [0.1, 0.15) is 12.8 Å². The van der Waals surface area contributed by atoms with Crippen LogP contribution in [-0.2, 0) is 19.2 Å². The lowest BCUT2D eigenvalue weighted by molar-refractivity contribution is -0.757. The normalized spacial score (nSPS) is 16.5. The van der Waals surface area contributed by atoms with Crippen molar-refractivity contribution in [1.29, 1.82) is 0 Å². The minimum Gasteiger partial charge on any atom is -0.478 e. The van der Waals surface area contributed by atoms with E-state index in [0.717, 1.165) is 19.4 Å². The first-order valence-electron chi connectivity index (χ1n) is 6.25. The van der Waals surface area contributed by atoms with E-state index in [2.05, 4.69) is 15.5 Å². The molecule has 0 aromatic heterocycles. The highest BCUT2D eigenvalue weighted by Crippen LogP contribution is 2.03. The summed E-state index contributed by atoms with van der Waals surface area (Å²) in [6.45, 7) is 0.910. The maximum Gasteiger partial charge on any atom is 0.328 e. The highest BCUT2D eigenvalue weighted by atomic mass is 16.9. The van der Waals surface area contributed by atoms with E-state index in [1.807, 2.05) is 0 Å². The van der Waals surface area contributed by atoms with Crippen molar-refractivity contribution in [3.8, 4) is 0 Å². The summed E-state index contributed by atoms with van der Waals surface area (Å²) in [5.74, 6) is -2.63. The fraction of sp³-hybridized carbons (Fsp3) is 0.545. The summed E-state index contributed by atoms with van der Waals surface area (Å²) in [6, 6.07) is -0.148. The Kier molecular flexibility index (Phi) is 9.67. The quantitative estimate of drug-likeness (QED) is 0.194. The maximum absolute atomic E-state index is 11.3. The van der Waals surface area contributed by atoms with E-state index in [4.69, 9.17) is 10.2 Å². The van der Waals surface area contributed by atoms with Gasteiger partial charge in [0.2, 0.25) is 5.91 Å². The zero-order valence-corrected chi connectivity index (χ0v) is 11.6. The first-order chi connectivity index (χ1) is 10.3. The molecule has 1 aliphatic heterocycles. The number of aliphatic carboxylic acids is 2. The van der Waals surface area contributed by atoms with Gasteiger partial charge in [0.1, 0.15) is 6.61 Å². The number of carbonyl (C=O) groups excluding carboxylic acids is 1. The largest absolute Gasteiger partial charge is 0.478 e. The van der Waals surface area contributed by atoms with Gasteiger partial charge in [-0.1, -0.05) is 0 Å². The molecule has 0 aliphatic carbocycles. The molecule has 1 aliphatic rings. The van der Waals surface area contributed by atoms with Gasteiger partial charge in [0.05, 0.1) is 6.04 Å². The van der Waals surface area contributed by atoms with Gasteiger partial charge in [-0.2, -0.15) is 0 Å². The minimum absolute atomic E-state index is 0.106. The van der Waals surface area contributed by atoms with E-state index in [1.54, 1.807) is 0 Å². The lowest BCUT2D eigenvalue weighted by Crippen LogP contribution is -2.41. The van der Waals surface area contributed by atoms with Crippen molar-refractivity contribution in [1.82, 2.24) is 10.6 Å². The predicted octanol–water partition coefficient (Wildman–Crippen LogP) is -1.23. The van der Waals surface area contributed by atoms with E-state index in [-0.39, 0.29) is 25.1 Å². The molecule has 0 saturated carbocycles. The van der Waals surface area contributed by atoms with Crippen LogP contribution in [0.3, 0.4) is 0 Å². The van der Waals surface area contributed by atoms with Crippen LogP contribution in [0, 0.1) is 10.1 Å². The molecule has 0 aromatic carbocycles. The molecule has 4 N–H and O–H groups in total. The van der Waals surface area contributed by atoms with Crippen molar-refractivity contribution in [3.63, 3.8) is 0 Å². The number of carbonyl (C=O) groups is 3. The zero-order chi connectivity index (χ0) is 17.0. The molecule has 1 heterocycles. The van der Waals surface area contributed by atoms with Crippen molar-refractivity contribution in [2.45, 2.75) is 18.9 Å². The van der Waals surface area contributed by atoms with Crippen molar-refractivity contribution in [3.05, 3.63) is 22.3 Å². The molecule has 0 spiro atoms. The highest BCUT2D eigenvalue weighted by molar-refractivity contribution is 5.89. The van der Waals surface area contributed by atoms with Gasteiger partial charge in [0.15, 0.2) is 0 Å². The van der Waals surface area contributed by atoms with Crippen molar-refractivity contribution in [2.75, 3.05) is 19.7 Å². The standard InChI is InChI=1S/C7H13N3O4.C4H4O4/c11-7(6-2-1-3-8-6)9-4-5-14-10(12)13;5-3(6)1-2-4(7)8/h6,8H,1-5H2,(H,9,11);1-2H,(H,5,6)(H,7,8). The topological polar surface area (TPSA) is 168 Å². The molecule has 0 aromatic rings. The van der Waals surface area contributed by atoms with E-state index in [0.29, 0.717) is 12.2 Å². The van der Waals surface area contributed by atoms with Crippen LogP contribution < -0.4 is 10.6 Å². The first kappa shape index (κ1) is 19.3. The second kappa shape index (κ2) is 11.0. The van der Waals surface area contributed by atoms with Gasteiger partial charge in [-0.05, 0) is 19.4 Å². The van der Waals surface area contributed by atoms with Gasteiger partial charge < -0.3 is 25.7 Å². The van der Waals surface area contributed by atoms with E-state index in [9.17, 15) is 24.5 Å². The number of hydrogen-bond acceptors (Lipinski definition) is 7. The zero-order valence-electron chi connectivity index (χ0n) is 11.6. The average molecular weight is 319 g/mol. The number of hydrogen-bond donors (Lipinski definition) is 4. The molecule has 11 nitrogen and oxygen atoms in total. The molecular weight excluding hydrogens is 302 g/mol. The second-order valence-electron chi connectivity index (χ2n) is 4.01. The van der Waals surface area contributed by atoms with Gasteiger partial charge in [0, 0.05) is 18.7 Å². The van der Waals surface area contributed by atoms with Gasteiger partial charge >= 0.3 is 11.9 Å². The number of nitrogens with one attached hydrogen (secondary N) is 2. The summed E-state index contributed by atoms with van der Waals surface area (Å²) in [7, 11) is 0. The third-order valence-electron chi connectivity index (χ3n) is 2.34. The van der Waals surface area contributed by atoms with E-state index in [1.165, 1.54) is 0 Å². The molecule has 1 fully saturated rings. The molecular formula is C11H17N3O8. The van der Waals surface area contributed by atoms with Gasteiger partial charge in [-0.3, -0.25) is 4.79 Å². The number of rotatable bonds is 7. The van der Waals surface area contributed by atoms with Crippen molar-refractivity contribution < 1.29 is 34.5 Å². The highest BCUT2D eigenvalue weighted by Gasteiger charge is 2.21. The van der Waals surface area contributed by atoms with Crippen molar-refractivity contribution >= 4 is 17.8 Å². The number of carboxylic acid groups (broad SMARTS) is 2. The number of carboxylic acids is 2. The summed E-state index contributed by atoms with van der Waals surface area (Å²) in [5, 5.41) is 30.1. The molecule has 0 bridgehead atoms. The minimum atomic E-state index is -1.26. The van der Waals surface area contributed by atoms with Gasteiger partial charge in [-0.25, -0.2) is 9.59 Å². The molecule has 11 heteroatoms. The molecule has 1 saturated heterocycles. The summed E-state index contributed by atoms with van der Waals surface area (Å²) in [5.41, 5.74) is 0. The Morgan fingerprint density at radius 2 is 1.91 bits per heavy atom. The fourth-order valence-electron chi connectivity index (χ4n) is 1.47. The van der Waals surface area contributed by atoms with Crippen molar-refractivity contribution in [2.24, 2.45) is 0 Å². The smallest absolute Gasteiger partial charge is 0.328 e. The van der Waals surface area contributed by atoms with Crippen LogP contribution in [0.4, 0.5) is 0 Å². The molecule has 1 amide bonds. The summed E-state index contributed by atoms with van der Waals surface area (Å²) < 4.78 is 0. The van der Waals surface area contributed by atoms with Crippen LogP contribution in [-0.4, -0.2) is 58.9 Å². The lowest BCUT2D eigenvalue weighted by Gasteiger charge is -2.09. The third kappa shape index (κ3) is 11.2. The lowest BCUT2D eigenvalue weighted by atomic mass is 10.2. The Balaban J connectivity index is 0.000000472. The second-order valence-corrected chi connectivity index (χ2v) is 4.01. The Bertz CT molecular complexity index is 415. The maximum atomic E-state index is 11.3. The van der Waals surface area contributed by atoms with Crippen LogP contribution in [0.5, 0.6) is 0 Å². The van der Waals surface area contributed by atoms with Gasteiger partial charge in [-0.15, -0.1) is 10.1 Å². The Labute approximate surface area is 125 Å². The Hall–Kier alpha value is -2.69. The Morgan fingerprint density at radius 3 is 2.32 bits per heavy atom. The van der Waals surface area contributed by atoms with Crippen LogP contribution in [0.25, 0.3) is 0 Å². The van der Waals surface area contributed by atoms with Crippen LogP contribution in [0.15, 0.2) is 12.2 Å². The first-order valence-corrected chi connectivity index (χ1v) is 6.25. The molecule has 0 radical (unpaired) electrons. The molecule has 124 valence electrons. The Morgan fingerprint density at radius 1 is 1.32 bits per heavy atom.